The standard InChI is InChI=1S/C74H144O17P2/c1-9-66(7)52-44-36-28-21-18-19-23-30-40-48-56-73(78)90-69(60-84-71(76)54-46-38-29-22-17-15-13-11-12-14-16-20-26-34-42-50-64(3)4)62-88-92(80,81)86-58-68(75)59-87-93(82,83)89-63-70(61-85-72(77)55-47-39-33-32-37-45-53-67(8)10-2)91-74(79)57-49-41-31-25-24-27-35-43-51-65(5)6/h64-70,75H,9-63H2,1-8H3,(H,80,81)(H,82,83)/t66?,67?,68-,69-,70-/m1/s1. The fourth-order valence-electron chi connectivity index (χ4n) is 11.1. The average Bonchev–Trinajstić information content (AvgIpc) is 2.61. The van der Waals surface area contributed by atoms with Gasteiger partial charge < -0.3 is 33.8 Å². The van der Waals surface area contributed by atoms with Crippen LogP contribution in [0.25, 0.3) is 0 Å². The smallest absolute Gasteiger partial charge is 0.462 e. The van der Waals surface area contributed by atoms with Crippen molar-refractivity contribution in [3.8, 4) is 0 Å². The highest BCUT2D eigenvalue weighted by atomic mass is 31.2. The maximum absolute atomic E-state index is 13.1. The van der Waals surface area contributed by atoms with Gasteiger partial charge in [0.05, 0.1) is 26.4 Å². The number of carbonyl (C=O) groups excluding carboxylic acids is 4. The van der Waals surface area contributed by atoms with Crippen molar-refractivity contribution < 1.29 is 80.2 Å². The summed E-state index contributed by atoms with van der Waals surface area (Å²) in [6.07, 6.45) is 47.2. The molecule has 0 aromatic rings. The first-order chi connectivity index (χ1) is 44.7. The zero-order chi connectivity index (χ0) is 68.9. The minimum absolute atomic E-state index is 0.103. The first-order valence-electron chi connectivity index (χ1n) is 38.3. The van der Waals surface area contributed by atoms with Crippen LogP contribution in [0, 0.1) is 23.7 Å². The molecule has 0 aliphatic carbocycles. The highest BCUT2D eigenvalue weighted by Crippen LogP contribution is 2.45. The number of esters is 4. The van der Waals surface area contributed by atoms with Crippen molar-refractivity contribution in [2.45, 2.75) is 388 Å². The number of phosphoric acid groups is 2. The van der Waals surface area contributed by atoms with Gasteiger partial charge in [-0.15, -0.1) is 0 Å². The summed E-state index contributed by atoms with van der Waals surface area (Å²) < 4.78 is 68.4. The van der Waals surface area contributed by atoms with E-state index in [2.05, 4.69) is 55.4 Å². The summed E-state index contributed by atoms with van der Waals surface area (Å²) in [7, 11) is -9.91. The maximum atomic E-state index is 13.1. The highest BCUT2D eigenvalue weighted by molar-refractivity contribution is 7.47. The third kappa shape index (κ3) is 65.8. The fraction of sp³-hybridized carbons (Fsp3) is 0.946. The van der Waals surface area contributed by atoms with E-state index >= 15 is 0 Å². The van der Waals surface area contributed by atoms with Crippen molar-refractivity contribution in [3.63, 3.8) is 0 Å². The predicted octanol–water partition coefficient (Wildman–Crippen LogP) is 21.3. The predicted molar refractivity (Wildman–Crippen MR) is 377 cm³/mol. The number of unbranched alkanes of at least 4 members (excludes halogenated alkanes) is 35. The lowest BCUT2D eigenvalue weighted by Crippen LogP contribution is -2.30. The molecule has 0 radical (unpaired) electrons. The van der Waals surface area contributed by atoms with E-state index in [9.17, 15) is 43.2 Å². The van der Waals surface area contributed by atoms with Crippen LogP contribution in [0.5, 0.6) is 0 Å². The van der Waals surface area contributed by atoms with Crippen LogP contribution in [-0.4, -0.2) is 96.7 Å². The van der Waals surface area contributed by atoms with E-state index in [1.165, 1.54) is 167 Å². The van der Waals surface area contributed by atoms with Crippen LogP contribution in [0.2, 0.25) is 0 Å². The van der Waals surface area contributed by atoms with Crippen molar-refractivity contribution in [3.05, 3.63) is 0 Å². The van der Waals surface area contributed by atoms with Crippen LogP contribution >= 0.6 is 15.6 Å². The number of rotatable bonds is 71. The molecule has 0 heterocycles. The normalized spacial score (nSPS) is 14.8. The lowest BCUT2D eigenvalue weighted by atomic mass is 9.99. The minimum Gasteiger partial charge on any atom is -0.462 e. The molecule has 19 heteroatoms. The fourth-order valence-corrected chi connectivity index (χ4v) is 12.7. The van der Waals surface area contributed by atoms with Gasteiger partial charge in [0.25, 0.3) is 0 Å². The molecule has 0 aromatic carbocycles. The molecule has 552 valence electrons. The molecule has 17 nitrogen and oxygen atoms in total. The van der Waals surface area contributed by atoms with Crippen molar-refractivity contribution in [1.29, 1.82) is 0 Å². The van der Waals surface area contributed by atoms with Gasteiger partial charge in [-0.05, 0) is 49.4 Å². The summed E-state index contributed by atoms with van der Waals surface area (Å²) >= 11 is 0. The lowest BCUT2D eigenvalue weighted by molar-refractivity contribution is -0.161. The van der Waals surface area contributed by atoms with E-state index in [4.69, 9.17) is 37.0 Å². The Labute approximate surface area is 568 Å². The molecule has 0 aromatic heterocycles. The Morgan fingerprint density at radius 1 is 0.301 bits per heavy atom. The van der Waals surface area contributed by atoms with E-state index in [-0.39, 0.29) is 25.7 Å². The van der Waals surface area contributed by atoms with Crippen LogP contribution in [0.4, 0.5) is 0 Å². The van der Waals surface area contributed by atoms with E-state index in [0.717, 1.165) is 120 Å². The van der Waals surface area contributed by atoms with Crippen LogP contribution in [0.1, 0.15) is 370 Å². The molecule has 0 saturated heterocycles. The summed E-state index contributed by atoms with van der Waals surface area (Å²) in [6.45, 7) is 14.2. The van der Waals surface area contributed by atoms with Gasteiger partial charge in [0.2, 0.25) is 0 Å². The zero-order valence-electron chi connectivity index (χ0n) is 60.9. The van der Waals surface area contributed by atoms with Gasteiger partial charge in [0, 0.05) is 25.7 Å². The minimum atomic E-state index is -4.96. The van der Waals surface area contributed by atoms with E-state index < -0.39 is 97.5 Å². The number of ether oxygens (including phenoxy) is 4. The topological polar surface area (TPSA) is 237 Å². The molecule has 0 bridgehead atoms. The van der Waals surface area contributed by atoms with Crippen molar-refractivity contribution in [2.24, 2.45) is 23.7 Å². The maximum Gasteiger partial charge on any atom is 0.472 e. The average molecular weight is 1370 g/mol. The van der Waals surface area contributed by atoms with Crippen LogP contribution < -0.4 is 0 Å². The zero-order valence-corrected chi connectivity index (χ0v) is 62.7. The second kappa shape index (κ2) is 63.5. The summed E-state index contributed by atoms with van der Waals surface area (Å²) in [5.41, 5.74) is 0. The van der Waals surface area contributed by atoms with Gasteiger partial charge in [-0.2, -0.15) is 0 Å². The first kappa shape index (κ1) is 91.1. The number of carbonyl (C=O) groups is 4. The van der Waals surface area contributed by atoms with Gasteiger partial charge in [-0.1, -0.05) is 319 Å². The number of aliphatic hydroxyl groups excluding tert-OH is 1. The van der Waals surface area contributed by atoms with Gasteiger partial charge in [-0.25, -0.2) is 9.13 Å². The molecule has 0 amide bonds. The number of hydrogen-bond donors (Lipinski definition) is 3. The molecule has 4 unspecified atom stereocenters. The van der Waals surface area contributed by atoms with Gasteiger partial charge in [0.15, 0.2) is 12.2 Å². The van der Waals surface area contributed by atoms with Gasteiger partial charge in [-0.3, -0.25) is 37.3 Å². The Morgan fingerprint density at radius 3 is 0.763 bits per heavy atom. The number of phosphoric ester groups is 2. The molecular weight excluding hydrogens is 1220 g/mol. The number of hydrogen-bond acceptors (Lipinski definition) is 15. The summed E-state index contributed by atoms with van der Waals surface area (Å²) in [4.78, 5) is 72.7. The SMILES string of the molecule is CCC(C)CCCCCCCCCCCCC(=O)O[C@H](COC(=O)CCCCCCCCCCCCCCCCCC(C)C)COP(=O)(O)OC[C@@H](O)COP(=O)(O)OC[C@@H](COC(=O)CCCCCCCCC(C)CC)OC(=O)CCCCCCCCCCC(C)C. The Hall–Kier alpha value is -1.94. The molecule has 0 saturated carbocycles. The quantitative estimate of drug-likeness (QED) is 0.0222. The Bertz CT molecular complexity index is 1840. The summed E-state index contributed by atoms with van der Waals surface area (Å²) in [5, 5.41) is 10.6. The largest absolute Gasteiger partial charge is 0.472 e. The Morgan fingerprint density at radius 2 is 0.516 bits per heavy atom. The first-order valence-corrected chi connectivity index (χ1v) is 41.3. The van der Waals surface area contributed by atoms with Crippen LogP contribution in [0.15, 0.2) is 0 Å². The van der Waals surface area contributed by atoms with Gasteiger partial charge in [0.1, 0.15) is 19.3 Å². The monoisotopic (exact) mass is 1370 g/mol. The van der Waals surface area contributed by atoms with Crippen LogP contribution in [-0.2, 0) is 65.4 Å². The van der Waals surface area contributed by atoms with Gasteiger partial charge >= 0.3 is 39.5 Å². The second-order valence-corrected chi connectivity index (χ2v) is 31.0. The summed E-state index contributed by atoms with van der Waals surface area (Å²) in [6, 6.07) is 0. The van der Waals surface area contributed by atoms with E-state index in [1.54, 1.807) is 0 Å². The number of aliphatic hydroxyl groups is 1. The Balaban J connectivity index is 5.24. The molecule has 3 N–H and O–H groups in total. The molecule has 0 aliphatic rings. The molecule has 0 aliphatic heterocycles. The third-order valence-corrected chi connectivity index (χ3v) is 19.7. The molecule has 0 rings (SSSR count). The van der Waals surface area contributed by atoms with Crippen molar-refractivity contribution >= 4 is 39.5 Å². The lowest BCUT2D eigenvalue weighted by Gasteiger charge is -2.21. The Kier molecular flexibility index (Phi) is 62.2. The second-order valence-electron chi connectivity index (χ2n) is 28.1. The van der Waals surface area contributed by atoms with Crippen molar-refractivity contribution in [2.75, 3.05) is 39.6 Å². The molecular formula is C74H144O17P2. The molecule has 0 spiro atoms. The van der Waals surface area contributed by atoms with Crippen LogP contribution in [0.3, 0.4) is 0 Å². The molecule has 0 fully saturated rings. The van der Waals surface area contributed by atoms with E-state index in [0.29, 0.717) is 25.7 Å². The molecule has 93 heavy (non-hydrogen) atoms. The third-order valence-electron chi connectivity index (χ3n) is 17.8. The van der Waals surface area contributed by atoms with Crippen molar-refractivity contribution in [1.82, 2.24) is 0 Å². The van der Waals surface area contributed by atoms with E-state index in [1.807, 2.05) is 0 Å². The summed E-state index contributed by atoms with van der Waals surface area (Å²) in [5.74, 6) is 0.932. The highest BCUT2D eigenvalue weighted by Gasteiger charge is 2.30. The molecule has 7 atom stereocenters.